The third kappa shape index (κ3) is 4.52. The summed E-state index contributed by atoms with van der Waals surface area (Å²) in [6.45, 7) is 1.12. The van der Waals surface area contributed by atoms with Crippen LogP contribution in [0.3, 0.4) is 0 Å². The molecule has 1 atom stereocenters. The van der Waals surface area contributed by atoms with Crippen LogP contribution in [0, 0.1) is 0 Å². The maximum absolute atomic E-state index is 9.14. The van der Waals surface area contributed by atoms with Crippen molar-refractivity contribution in [2.24, 2.45) is 0 Å². The van der Waals surface area contributed by atoms with Crippen LogP contribution >= 0.6 is 0 Å². The van der Waals surface area contributed by atoms with Crippen LogP contribution in [0.5, 0.6) is 11.5 Å². The molecule has 0 saturated carbocycles. The van der Waals surface area contributed by atoms with Crippen molar-refractivity contribution < 1.29 is 19.3 Å². The number of methoxy groups -OCH3 is 3. The van der Waals surface area contributed by atoms with Crippen molar-refractivity contribution in [1.82, 2.24) is 5.32 Å². The van der Waals surface area contributed by atoms with Gasteiger partial charge in [-0.05, 0) is 17.7 Å². The van der Waals surface area contributed by atoms with E-state index in [9.17, 15) is 0 Å². The SMILES string of the molecule is COCC(CO)NCc1cc(OC)cc(OC)c1. The Labute approximate surface area is 108 Å². The lowest BCUT2D eigenvalue weighted by molar-refractivity contribution is 0.128. The Morgan fingerprint density at radius 1 is 1.11 bits per heavy atom. The minimum atomic E-state index is -0.0767. The number of aliphatic hydroxyl groups is 1. The molecule has 0 radical (unpaired) electrons. The van der Waals surface area contributed by atoms with Gasteiger partial charge in [0.15, 0.2) is 0 Å². The third-order valence-corrected chi connectivity index (χ3v) is 2.59. The van der Waals surface area contributed by atoms with Crippen LogP contribution in [-0.4, -0.2) is 45.7 Å². The van der Waals surface area contributed by atoms with E-state index in [1.54, 1.807) is 21.3 Å². The van der Waals surface area contributed by atoms with Gasteiger partial charge < -0.3 is 24.6 Å². The number of aliphatic hydroxyl groups excluding tert-OH is 1. The fourth-order valence-corrected chi connectivity index (χ4v) is 1.61. The molecule has 18 heavy (non-hydrogen) atoms. The maximum atomic E-state index is 9.14. The number of hydrogen-bond donors (Lipinski definition) is 2. The molecule has 1 aromatic rings. The Bertz CT molecular complexity index is 335. The van der Waals surface area contributed by atoms with Crippen LogP contribution in [0.25, 0.3) is 0 Å². The Balaban J connectivity index is 2.65. The van der Waals surface area contributed by atoms with Crippen LogP contribution in [0.1, 0.15) is 5.56 Å². The second kappa shape index (κ2) is 7.92. The summed E-state index contributed by atoms with van der Waals surface area (Å²) in [5.74, 6) is 1.50. The van der Waals surface area contributed by atoms with E-state index in [0.29, 0.717) is 13.2 Å². The Hall–Kier alpha value is -1.30. The number of hydrogen-bond acceptors (Lipinski definition) is 5. The van der Waals surface area contributed by atoms with E-state index in [1.807, 2.05) is 18.2 Å². The molecule has 0 saturated heterocycles. The van der Waals surface area contributed by atoms with Crippen LogP contribution < -0.4 is 14.8 Å². The zero-order valence-corrected chi connectivity index (χ0v) is 11.1. The number of ether oxygens (including phenoxy) is 3. The lowest BCUT2D eigenvalue weighted by atomic mass is 10.2. The van der Waals surface area contributed by atoms with Crippen molar-refractivity contribution in [3.63, 3.8) is 0 Å². The highest BCUT2D eigenvalue weighted by molar-refractivity contribution is 5.38. The topological polar surface area (TPSA) is 60.0 Å². The molecule has 0 amide bonds. The minimum Gasteiger partial charge on any atom is -0.497 e. The Kier molecular flexibility index (Phi) is 6.49. The van der Waals surface area contributed by atoms with E-state index >= 15 is 0 Å². The first-order chi connectivity index (χ1) is 8.73. The molecule has 5 heteroatoms. The molecule has 0 bridgehead atoms. The number of rotatable bonds is 8. The fraction of sp³-hybridized carbons (Fsp3) is 0.538. The van der Waals surface area contributed by atoms with Gasteiger partial charge in [0.05, 0.1) is 33.5 Å². The summed E-state index contributed by atoms with van der Waals surface area (Å²) in [6.07, 6.45) is 0. The highest BCUT2D eigenvalue weighted by Gasteiger charge is 2.07. The monoisotopic (exact) mass is 255 g/mol. The largest absolute Gasteiger partial charge is 0.497 e. The van der Waals surface area contributed by atoms with E-state index in [-0.39, 0.29) is 12.6 Å². The van der Waals surface area contributed by atoms with Gasteiger partial charge in [-0.3, -0.25) is 0 Å². The second-order valence-electron chi connectivity index (χ2n) is 3.94. The molecule has 0 aliphatic rings. The first kappa shape index (κ1) is 14.8. The van der Waals surface area contributed by atoms with E-state index < -0.39 is 0 Å². The molecule has 0 spiro atoms. The van der Waals surface area contributed by atoms with Gasteiger partial charge in [0.2, 0.25) is 0 Å². The van der Waals surface area contributed by atoms with E-state index in [2.05, 4.69) is 5.32 Å². The predicted molar refractivity (Wildman–Crippen MR) is 69.1 cm³/mol. The Morgan fingerprint density at radius 2 is 1.72 bits per heavy atom. The van der Waals surface area contributed by atoms with Crippen LogP contribution in [-0.2, 0) is 11.3 Å². The molecule has 1 aromatic carbocycles. The van der Waals surface area contributed by atoms with Gasteiger partial charge in [-0.25, -0.2) is 0 Å². The summed E-state index contributed by atoms with van der Waals surface area (Å²) in [4.78, 5) is 0. The molecule has 102 valence electrons. The third-order valence-electron chi connectivity index (χ3n) is 2.59. The average molecular weight is 255 g/mol. The standard InChI is InChI=1S/C13H21NO4/c1-16-9-11(8-15)14-7-10-4-12(17-2)6-13(5-10)18-3/h4-6,11,14-15H,7-9H2,1-3H3. The van der Waals surface area contributed by atoms with Gasteiger partial charge >= 0.3 is 0 Å². The zero-order valence-electron chi connectivity index (χ0n) is 11.1. The molecule has 0 heterocycles. The molecule has 0 fully saturated rings. The van der Waals surface area contributed by atoms with E-state index in [4.69, 9.17) is 19.3 Å². The van der Waals surface area contributed by atoms with Gasteiger partial charge in [0.25, 0.3) is 0 Å². The molecule has 5 nitrogen and oxygen atoms in total. The predicted octanol–water partition coefficient (Wildman–Crippen LogP) is 0.801. The first-order valence-electron chi connectivity index (χ1n) is 5.78. The second-order valence-corrected chi connectivity index (χ2v) is 3.94. The molecule has 0 aromatic heterocycles. The van der Waals surface area contributed by atoms with Crippen LogP contribution in [0.4, 0.5) is 0 Å². The molecule has 0 aliphatic heterocycles. The highest BCUT2D eigenvalue weighted by atomic mass is 16.5. The first-order valence-corrected chi connectivity index (χ1v) is 5.78. The zero-order chi connectivity index (χ0) is 13.4. The number of nitrogens with one attached hydrogen (secondary N) is 1. The molecule has 0 aliphatic carbocycles. The normalized spacial score (nSPS) is 12.2. The molecular formula is C13H21NO4. The quantitative estimate of drug-likeness (QED) is 0.719. The van der Waals surface area contributed by atoms with Gasteiger partial charge in [0.1, 0.15) is 11.5 Å². The van der Waals surface area contributed by atoms with Crippen LogP contribution in [0.15, 0.2) is 18.2 Å². The van der Waals surface area contributed by atoms with Crippen LogP contribution in [0.2, 0.25) is 0 Å². The Morgan fingerprint density at radius 3 is 2.17 bits per heavy atom. The lowest BCUT2D eigenvalue weighted by Gasteiger charge is -2.16. The molecule has 1 unspecified atom stereocenters. The summed E-state index contributed by atoms with van der Waals surface area (Å²) in [5.41, 5.74) is 1.03. The van der Waals surface area contributed by atoms with Crippen molar-refractivity contribution in [2.75, 3.05) is 34.5 Å². The van der Waals surface area contributed by atoms with Gasteiger partial charge in [-0.1, -0.05) is 0 Å². The van der Waals surface area contributed by atoms with Crippen molar-refractivity contribution in [3.8, 4) is 11.5 Å². The smallest absolute Gasteiger partial charge is 0.122 e. The summed E-state index contributed by atoms with van der Waals surface area (Å²) >= 11 is 0. The van der Waals surface area contributed by atoms with Crippen molar-refractivity contribution >= 4 is 0 Å². The molecule has 1 rings (SSSR count). The van der Waals surface area contributed by atoms with E-state index in [0.717, 1.165) is 17.1 Å². The van der Waals surface area contributed by atoms with E-state index in [1.165, 1.54) is 0 Å². The molecular weight excluding hydrogens is 234 g/mol. The summed E-state index contributed by atoms with van der Waals surface area (Å²) in [7, 11) is 4.85. The maximum Gasteiger partial charge on any atom is 0.122 e. The summed E-state index contributed by atoms with van der Waals surface area (Å²) in [5, 5.41) is 12.3. The summed E-state index contributed by atoms with van der Waals surface area (Å²) < 4.78 is 15.4. The van der Waals surface area contributed by atoms with Crippen molar-refractivity contribution in [1.29, 1.82) is 0 Å². The molecule has 2 N–H and O–H groups in total. The highest BCUT2D eigenvalue weighted by Crippen LogP contribution is 2.22. The van der Waals surface area contributed by atoms with Gasteiger partial charge in [-0.2, -0.15) is 0 Å². The van der Waals surface area contributed by atoms with Gasteiger partial charge in [-0.15, -0.1) is 0 Å². The van der Waals surface area contributed by atoms with Crippen molar-refractivity contribution in [2.45, 2.75) is 12.6 Å². The average Bonchev–Trinajstić information content (AvgIpc) is 2.42. The van der Waals surface area contributed by atoms with Gasteiger partial charge in [0, 0.05) is 19.7 Å². The fourth-order valence-electron chi connectivity index (χ4n) is 1.61. The van der Waals surface area contributed by atoms with Crippen molar-refractivity contribution in [3.05, 3.63) is 23.8 Å². The summed E-state index contributed by atoms with van der Waals surface area (Å²) in [6, 6.07) is 5.60. The number of benzene rings is 1. The lowest BCUT2D eigenvalue weighted by Crippen LogP contribution is -2.35. The minimum absolute atomic E-state index is 0.0367.